The van der Waals surface area contributed by atoms with Gasteiger partial charge in [0.15, 0.2) is 12.4 Å². The fourth-order valence-corrected chi connectivity index (χ4v) is 1.47. The number of rotatable bonds is 2. The molecule has 6 heteroatoms. The Morgan fingerprint density at radius 1 is 1.53 bits per heavy atom. The van der Waals surface area contributed by atoms with Crippen molar-refractivity contribution in [1.29, 1.82) is 0 Å². The molecule has 1 N–H and O–H groups in total. The maximum atomic E-state index is 11.5. The number of nitrogens with one attached hydrogen (secondary N) is 1. The van der Waals surface area contributed by atoms with Crippen LogP contribution in [0, 0.1) is 0 Å². The van der Waals surface area contributed by atoms with E-state index >= 15 is 0 Å². The van der Waals surface area contributed by atoms with Gasteiger partial charge in [0.1, 0.15) is 5.60 Å². The molecule has 0 aromatic heterocycles. The highest BCUT2D eigenvalue weighted by molar-refractivity contribution is 5.76. The van der Waals surface area contributed by atoms with Gasteiger partial charge in [0.05, 0.1) is 6.04 Å². The second-order valence-electron chi connectivity index (χ2n) is 4.88. The Bertz CT molecular complexity index is 320. The minimum absolute atomic E-state index is 0.185. The minimum atomic E-state index is -0.927. The molecule has 1 saturated heterocycles. The van der Waals surface area contributed by atoms with Crippen molar-refractivity contribution < 1.29 is 23.9 Å². The average molecular weight is 243 g/mol. The quantitative estimate of drug-likeness (QED) is 0.572. The number of esters is 1. The summed E-state index contributed by atoms with van der Waals surface area (Å²) in [6, 6.07) is -0.514. The molecule has 1 fully saturated rings. The lowest BCUT2D eigenvalue weighted by Crippen LogP contribution is -2.50. The number of amides is 1. The van der Waals surface area contributed by atoms with Crippen molar-refractivity contribution in [2.75, 3.05) is 0 Å². The van der Waals surface area contributed by atoms with Gasteiger partial charge >= 0.3 is 12.1 Å². The molecule has 0 spiro atoms. The Hall–Kier alpha value is -1.59. The second-order valence-corrected chi connectivity index (χ2v) is 4.88. The molecule has 6 nitrogen and oxygen atoms in total. The summed E-state index contributed by atoms with van der Waals surface area (Å²) in [5, 5.41) is 2.53. The van der Waals surface area contributed by atoms with Crippen LogP contribution in [0.25, 0.3) is 0 Å². The number of aldehydes is 1. The van der Waals surface area contributed by atoms with E-state index in [1.165, 1.54) is 0 Å². The smallest absolute Gasteiger partial charge is 0.408 e. The van der Waals surface area contributed by atoms with Crippen LogP contribution in [0.4, 0.5) is 4.79 Å². The summed E-state index contributed by atoms with van der Waals surface area (Å²) in [5.74, 6) is -0.427. The molecular weight excluding hydrogens is 226 g/mol. The Morgan fingerprint density at radius 3 is 2.71 bits per heavy atom. The van der Waals surface area contributed by atoms with Crippen LogP contribution in [0.2, 0.25) is 0 Å². The fraction of sp³-hybridized carbons (Fsp3) is 0.727. The maximum absolute atomic E-state index is 11.5. The summed E-state index contributed by atoms with van der Waals surface area (Å²) in [6.45, 7) is 5.22. The van der Waals surface area contributed by atoms with Crippen molar-refractivity contribution in [3.8, 4) is 0 Å². The van der Waals surface area contributed by atoms with Crippen molar-refractivity contribution in [2.45, 2.75) is 51.4 Å². The molecule has 0 radical (unpaired) electrons. The average Bonchev–Trinajstić information content (AvgIpc) is 2.17. The van der Waals surface area contributed by atoms with E-state index in [9.17, 15) is 14.4 Å². The zero-order valence-electron chi connectivity index (χ0n) is 10.2. The summed E-state index contributed by atoms with van der Waals surface area (Å²) in [7, 11) is 0. The Morgan fingerprint density at radius 2 is 2.18 bits per heavy atom. The molecule has 0 aromatic carbocycles. The molecule has 0 aliphatic carbocycles. The third kappa shape index (κ3) is 4.42. The first-order chi connectivity index (χ1) is 7.81. The minimum Gasteiger partial charge on any atom is -0.452 e. The highest BCUT2D eigenvalue weighted by atomic mass is 16.6. The van der Waals surface area contributed by atoms with Crippen molar-refractivity contribution in [3.05, 3.63) is 0 Å². The van der Waals surface area contributed by atoms with Gasteiger partial charge in [-0.15, -0.1) is 0 Å². The van der Waals surface area contributed by atoms with Crippen molar-refractivity contribution in [2.24, 2.45) is 0 Å². The van der Waals surface area contributed by atoms with Gasteiger partial charge in [-0.2, -0.15) is 0 Å². The number of carbonyl (C=O) groups excluding carboxylic acids is 3. The summed E-state index contributed by atoms with van der Waals surface area (Å²) in [6.07, 6.45) is -0.471. The van der Waals surface area contributed by atoms with Crippen molar-refractivity contribution in [3.63, 3.8) is 0 Å². The van der Waals surface area contributed by atoms with E-state index in [1.807, 2.05) is 0 Å². The van der Waals surface area contributed by atoms with E-state index in [4.69, 9.17) is 9.47 Å². The number of cyclic esters (lactones) is 1. The van der Waals surface area contributed by atoms with Crippen LogP contribution >= 0.6 is 0 Å². The highest BCUT2D eigenvalue weighted by Crippen LogP contribution is 2.15. The normalized spacial score (nSPS) is 24.8. The molecule has 2 unspecified atom stereocenters. The number of hydrogen-bond acceptors (Lipinski definition) is 5. The zero-order valence-corrected chi connectivity index (χ0v) is 10.2. The Labute approximate surface area is 99.6 Å². The summed E-state index contributed by atoms with van der Waals surface area (Å²) in [4.78, 5) is 33.2. The number of carbonyl (C=O) groups is 3. The number of hydrogen-bond donors (Lipinski definition) is 1. The lowest BCUT2D eigenvalue weighted by atomic mass is 10.0. The lowest BCUT2D eigenvalue weighted by Gasteiger charge is -2.29. The molecule has 17 heavy (non-hydrogen) atoms. The third-order valence-corrected chi connectivity index (χ3v) is 2.16. The first-order valence-corrected chi connectivity index (χ1v) is 5.46. The molecule has 1 rings (SSSR count). The van der Waals surface area contributed by atoms with Crippen LogP contribution in [0.1, 0.15) is 33.6 Å². The molecule has 0 bridgehead atoms. The van der Waals surface area contributed by atoms with E-state index in [2.05, 4.69) is 5.32 Å². The second kappa shape index (κ2) is 5.16. The first kappa shape index (κ1) is 13.5. The predicted octanol–water partition coefficient (Wildman–Crippen LogP) is 0.784. The van der Waals surface area contributed by atoms with Gasteiger partial charge in [0, 0.05) is 6.42 Å². The van der Waals surface area contributed by atoms with Gasteiger partial charge in [0.25, 0.3) is 0 Å². The van der Waals surface area contributed by atoms with Crippen LogP contribution in [0.15, 0.2) is 0 Å². The summed E-state index contributed by atoms with van der Waals surface area (Å²) >= 11 is 0. The summed E-state index contributed by atoms with van der Waals surface area (Å²) < 4.78 is 9.86. The maximum Gasteiger partial charge on any atom is 0.408 e. The Kier molecular flexibility index (Phi) is 4.09. The standard InChI is InChI=1S/C11H17NO5/c1-11(2,3)17-10(15)12-7-4-5-9(14)16-8(7)6-13/h6-8H,4-5H2,1-3H3,(H,12,15). The number of ether oxygens (including phenoxy) is 2. The van der Waals surface area contributed by atoms with Gasteiger partial charge < -0.3 is 14.8 Å². The molecule has 0 aromatic rings. The molecule has 1 heterocycles. The molecule has 0 saturated carbocycles. The third-order valence-electron chi connectivity index (χ3n) is 2.16. The van der Waals surface area contributed by atoms with E-state index in [0.29, 0.717) is 12.7 Å². The monoisotopic (exact) mass is 243 g/mol. The van der Waals surface area contributed by atoms with E-state index in [1.54, 1.807) is 20.8 Å². The highest BCUT2D eigenvalue weighted by Gasteiger charge is 2.32. The van der Waals surface area contributed by atoms with Crippen molar-refractivity contribution >= 4 is 18.3 Å². The van der Waals surface area contributed by atoms with E-state index in [-0.39, 0.29) is 6.42 Å². The topological polar surface area (TPSA) is 81.7 Å². The molecule has 1 aliphatic rings. The molecule has 1 amide bonds. The largest absolute Gasteiger partial charge is 0.452 e. The van der Waals surface area contributed by atoms with Crippen LogP contribution in [-0.2, 0) is 19.1 Å². The predicted molar refractivity (Wildman–Crippen MR) is 58.3 cm³/mol. The van der Waals surface area contributed by atoms with Gasteiger partial charge in [-0.25, -0.2) is 4.79 Å². The van der Waals surface area contributed by atoms with Crippen LogP contribution in [0.5, 0.6) is 0 Å². The van der Waals surface area contributed by atoms with Crippen LogP contribution < -0.4 is 5.32 Å². The van der Waals surface area contributed by atoms with Crippen LogP contribution in [-0.4, -0.2) is 36.1 Å². The SMILES string of the molecule is CC(C)(C)OC(=O)NC1CCC(=O)OC1C=O. The lowest BCUT2D eigenvalue weighted by molar-refractivity contribution is -0.158. The molecular formula is C11H17NO5. The Balaban J connectivity index is 2.52. The summed E-state index contributed by atoms with van der Waals surface area (Å²) in [5.41, 5.74) is -0.605. The van der Waals surface area contributed by atoms with E-state index in [0.717, 1.165) is 0 Å². The van der Waals surface area contributed by atoms with Gasteiger partial charge in [-0.3, -0.25) is 9.59 Å². The van der Waals surface area contributed by atoms with E-state index < -0.39 is 29.8 Å². The van der Waals surface area contributed by atoms with Gasteiger partial charge in [-0.1, -0.05) is 0 Å². The van der Waals surface area contributed by atoms with Gasteiger partial charge in [0.2, 0.25) is 0 Å². The fourth-order valence-electron chi connectivity index (χ4n) is 1.47. The van der Waals surface area contributed by atoms with Crippen molar-refractivity contribution in [1.82, 2.24) is 5.32 Å². The van der Waals surface area contributed by atoms with Gasteiger partial charge in [-0.05, 0) is 27.2 Å². The first-order valence-electron chi connectivity index (χ1n) is 5.46. The molecule has 2 atom stereocenters. The zero-order chi connectivity index (χ0) is 13.1. The molecule has 96 valence electrons. The van der Waals surface area contributed by atoms with Crippen LogP contribution in [0.3, 0.4) is 0 Å². The number of alkyl carbamates (subject to hydrolysis) is 1. The molecule has 1 aliphatic heterocycles.